The molecular formula is C13H20BrNS. The summed E-state index contributed by atoms with van der Waals surface area (Å²) in [6.45, 7) is 4.70. The van der Waals surface area contributed by atoms with Gasteiger partial charge in [0.15, 0.2) is 0 Å². The highest BCUT2D eigenvalue weighted by Gasteiger charge is 2.34. The zero-order valence-corrected chi connectivity index (χ0v) is 12.4. The number of nitrogens with two attached hydrogens (primary N) is 1. The summed E-state index contributed by atoms with van der Waals surface area (Å²) in [6, 6.07) is 2.21. The second-order valence-corrected chi connectivity index (χ2v) is 7.38. The fourth-order valence-corrected chi connectivity index (χ4v) is 4.30. The summed E-state index contributed by atoms with van der Waals surface area (Å²) >= 11 is 5.32. The predicted molar refractivity (Wildman–Crippen MR) is 74.8 cm³/mol. The molecule has 1 heterocycles. The van der Waals surface area contributed by atoms with Crippen LogP contribution in [0.3, 0.4) is 0 Å². The smallest absolute Gasteiger partial charge is 0.0285 e. The third kappa shape index (κ3) is 2.88. The van der Waals surface area contributed by atoms with Crippen LogP contribution in [-0.4, -0.2) is 5.54 Å². The van der Waals surface area contributed by atoms with Crippen LogP contribution in [0.1, 0.15) is 38.0 Å². The Labute approximate surface area is 111 Å². The molecule has 3 unspecified atom stereocenters. The van der Waals surface area contributed by atoms with Gasteiger partial charge in [0.1, 0.15) is 0 Å². The minimum Gasteiger partial charge on any atom is -0.325 e. The van der Waals surface area contributed by atoms with Gasteiger partial charge in [-0.05, 0) is 59.5 Å². The molecule has 3 atom stereocenters. The molecule has 1 fully saturated rings. The molecule has 90 valence electrons. The van der Waals surface area contributed by atoms with Gasteiger partial charge in [0.05, 0.1) is 0 Å². The van der Waals surface area contributed by atoms with E-state index < -0.39 is 0 Å². The number of thiophene rings is 1. The lowest BCUT2D eigenvalue weighted by Crippen LogP contribution is -2.47. The second-order valence-electron chi connectivity index (χ2n) is 5.47. The number of hydrogen-bond donors (Lipinski definition) is 1. The molecular weight excluding hydrogens is 282 g/mol. The fraction of sp³-hybridized carbons (Fsp3) is 0.692. The summed E-state index contributed by atoms with van der Waals surface area (Å²) in [5.74, 6) is 1.61. The van der Waals surface area contributed by atoms with Gasteiger partial charge >= 0.3 is 0 Å². The molecule has 2 N–H and O–H groups in total. The predicted octanol–water partition coefficient (Wildman–Crippen LogP) is 4.21. The van der Waals surface area contributed by atoms with Gasteiger partial charge in [-0.25, -0.2) is 0 Å². The third-order valence-electron chi connectivity index (χ3n) is 3.95. The fourth-order valence-electron chi connectivity index (χ4n) is 2.70. The van der Waals surface area contributed by atoms with Crippen LogP contribution in [0.15, 0.2) is 15.9 Å². The molecule has 2 rings (SSSR count). The molecule has 1 aromatic heterocycles. The standard InChI is InChI=1S/C13H20BrNS/c1-9-3-4-13(15,6-10(9)2)7-12-5-11(14)8-16-12/h5,8-10H,3-4,6-7,15H2,1-2H3. The Morgan fingerprint density at radius 1 is 1.50 bits per heavy atom. The minimum atomic E-state index is 0.0379. The average molecular weight is 302 g/mol. The minimum absolute atomic E-state index is 0.0379. The lowest BCUT2D eigenvalue weighted by Gasteiger charge is -2.40. The van der Waals surface area contributed by atoms with E-state index in [9.17, 15) is 0 Å². The van der Waals surface area contributed by atoms with Crippen molar-refractivity contribution < 1.29 is 0 Å². The van der Waals surface area contributed by atoms with Gasteiger partial charge in [-0.15, -0.1) is 11.3 Å². The monoisotopic (exact) mass is 301 g/mol. The van der Waals surface area contributed by atoms with E-state index in [1.165, 1.54) is 28.6 Å². The van der Waals surface area contributed by atoms with Gasteiger partial charge < -0.3 is 5.73 Å². The van der Waals surface area contributed by atoms with Crippen LogP contribution < -0.4 is 5.73 Å². The van der Waals surface area contributed by atoms with Crippen molar-refractivity contribution in [2.45, 2.75) is 45.1 Å². The van der Waals surface area contributed by atoms with E-state index in [4.69, 9.17) is 5.73 Å². The summed E-state index contributed by atoms with van der Waals surface area (Å²) in [6.07, 6.45) is 4.67. The first-order valence-corrected chi connectivity index (χ1v) is 7.67. The Hall–Kier alpha value is 0.140. The van der Waals surface area contributed by atoms with E-state index in [0.29, 0.717) is 0 Å². The van der Waals surface area contributed by atoms with E-state index in [1.54, 1.807) is 0 Å². The third-order valence-corrected chi connectivity index (χ3v) is 5.64. The Balaban J connectivity index is 2.03. The van der Waals surface area contributed by atoms with Crippen molar-refractivity contribution in [2.24, 2.45) is 17.6 Å². The van der Waals surface area contributed by atoms with Gasteiger partial charge in [0, 0.05) is 20.3 Å². The first-order chi connectivity index (χ1) is 7.48. The van der Waals surface area contributed by atoms with Crippen LogP contribution >= 0.6 is 27.3 Å². The summed E-state index contributed by atoms with van der Waals surface area (Å²) < 4.78 is 1.19. The summed E-state index contributed by atoms with van der Waals surface area (Å²) in [5, 5.41) is 2.15. The maximum absolute atomic E-state index is 6.54. The molecule has 1 aliphatic carbocycles. The molecule has 0 aromatic carbocycles. The zero-order chi connectivity index (χ0) is 11.8. The molecule has 1 aliphatic rings. The summed E-state index contributed by atoms with van der Waals surface area (Å²) in [7, 11) is 0. The Morgan fingerprint density at radius 3 is 2.81 bits per heavy atom. The van der Waals surface area contributed by atoms with Gasteiger partial charge in [0.2, 0.25) is 0 Å². The molecule has 16 heavy (non-hydrogen) atoms. The Kier molecular flexibility index (Phi) is 3.77. The van der Waals surface area contributed by atoms with Crippen LogP contribution in [0.4, 0.5) is 0 Å². The lowest BCUT2D eigenvalue weighted by molar-refractivity contribution is 0.176. The first kappa shape index (κ1) is 12.6. The summed E-state index contributed by atoms with van der Waals surface area (Å²) in [4.78, 5) is 1.41. The topological polar surface area (TPSA) is 26.0 Å². The van der Waals surface area contributed by atoms with Crippen molar-refractivity contribution in [3.63, 3.8) is 0 Å². The summed E-state index contributed by atoms with van der Waals surface area (Å²) in [5.41, 5.74) is 6.58. The molecule has 0 spiro atoms. The van der Waals surface area contributed by atoms with Crippen molar-refractivity contribution in [3.8, 4) is 0 Å². The maximum Gasteiger partial charge on any atom is 0.0285 e. The van der Waals surface area contributed by atoms with Gasteiger partial charge in [-0.3, -0.25) is 0 Å². The second kappa shape index (κ2) is 4.79. The van der Waals surface area contributed by atoms with Gasteiger partial charge in [-0.2, -0.15) is 0 Å². The molecule has 0 amide bonds. The molecule has 1 aromatic rings. The molecule has 1 nitrogen and oxygen atoms in total. The molecule has 0 bridgehead atoms. The number of halogens is 1. The quantitative estimate of drug-likeness (QED) is 0.870. The highest BCUT2D eigenvalue weighted by molar-refractivity contribution is 9.10. The van der Waals surface area contributed by atoms with Crippen molar-refractivity contribution in [2.75, 3.05) is 0 Å². The Morgan fingerprint density at radius 2 is 2.25 bits per heavy atom. The SMILES string of the molecule is CC1CCC(N)(Cc2cc(Br)cs2)CC1C. The normalized spacial score (nSPS) is 35.2. The van der Waals surface area contributed by atoms with Crippen molar-refractivity contribution in [1.82, 2.24) is 0 Å². The van der Waals surface area contributed by atoms with Crippen LogP contribution in [-0.2, 0) is 6.42 Å². The first-order valence-electron chi connectivity index (χ1n) is 6.00. The molecule has 0 radical (unpaired) electrons. The molecule has 1 saturated carbocycles. The Bertz CT molecular complexity index is 363. The van der Waals surface area contributed by atoms with Crippen molar-refractivity contribution >= 4 is 27.3 Å². The van der Waals surface area contributed by atoms with Gasteiger partial charge in [-0.1, -0.05) is 13.8 Å². The van der Waals surface area contributed by atoms with E-state index in [2.05, 4.69) is 41.2 Å². The van der Waals surface area contributed by atoms with Crippen molar-refractivity contribution in [1.29, 1.82) is 0 Å². The zero-order valence-electron chi connectivity index (χ0n) is 10.0. The van der Waals surface area contributed by atoms with Gasteiger partial charge in [0.25, 0.3) is 0 Å². The van der Waals surface area contributed by atoms with Crippen molar-refractivity contribution in [3.05, 3.63) is 20.8 Å². The van der Waals surface area contributed by atoms with Crippen LogP contribution in [0.2, 0.25) is 0 Å². The number of rotatable bonds is 2. The number of hydrogen-bond acceptors (Lipinski definition) is 2. The lowest BCUT2D eigenvalue weighted by atomic mass is 9.70. The van der Waals surface area contributed by atoms with E-state index >= 15 is 0 Å². The molecule has 0 aliphatic heterocycles. The highest BCUT2D eigenvalue weighted by Crippen LogP contribution is 2.37. The molecule has 0 saturated heterocycles. The average Bonchev–Trinajstić information content (AvgIpc) is 2.58. The highest BCUT2D eigenvalue weighted by atomic mass is 79.9. The van der Waals surface area contributed by atoms with E-state index in [0.717, 1.165) is 18.3 Å². The van der Waals surface area contributed by atoms with Crippen LogP contribution in [0, 0.1) is 11.8 Å². The van der Waals surface area contributed by atoms with E-state index in [-0.39, 0.29) is 5.54 Å². The van der Waals surface area contributed by atoms with Crippen LogP contribution in [0.25, 0.3) is 0 Å². The van der Waals surface area contributed by atoms with Crippen LogP contribution in [0.5, 0.6) is 0 Å². The van der Waals surface area contributed by atoms with E-state index in [1.807, 2.05) is 11.3 Å². The molecule has 3 heteroatoms. The maximum atomic E-state index is 6.54. The largest absolute Gasteiger partial charge is 0.325 e.